The zero-order valence-electron chi connectivity index (χ0n) is 50.7. The molecule has 6 aromatic rings. The molecule has 10 aliphatic rings. The number of rotatable bonds is 9. The zero-order chi connectivity index (χ0) is 60.7. The largest absolute Gasteiger partial charge is 0.482 e. The number of esters is 2. The Hall–Kier alpha value is -7.19. The molecule has 7 aliphatic carbocycles. The number of hydrogen-bond donors (Lipinski definition) is 4. The number of allylic oxidation sites excluding steroid dienone is 3. The first-order valence-electron chi connectivity index (χ1n) is 32.9. The van der Waals surface area contributed by atoms with Gasteiger partial charge in [-0.2, -0.15) is 0 Å². The Morgan fingerprint density at radius 1 is 0.730 bits per heavy atom. The lowest BCUT2D eigenvalue weighted by Crippen LogP contribution is -2.62. The van der Waals surface area contributed by atoms with E-state index in [2.05, 4.69) is 127 Å². The fourth-order valence-corrected chi connectivity index (χ4v) is 19.4. The van der Waals surface area contributed by atoms with E-state index >= 15 is 9.59 Å². The van der Waals surface area contributed by atoms with Crippen molar-refractivity contribution < 1.29 is 53.4 Å². The van der Waals surface area contributed by atoms with Crippen LogP contribution in [0.1, 0.15) is 187 Å². The number of fused-ring (bicyclic) bond motifs is 19. The first-order valence-corrected chi connectivity index (χ1v) is 32.9. The van der Waals surface area contributed by atoms with Crippen LogP contribution in [-0.4, -0.2) is 70.7 Å². The van der Waals surface area contributed by atoms with Crippen LogP contribution < -0.4 is 10.4 Å². The molecule has 460 valence electrons. The molecule has 0 radical (unpaired) electrons. The molecule has 4 saturated carbocycles. The van der Waals surface area contributed by atoms with Crippen molar-refractivity contribution in [1.82, 2.24) is 0 Å². The van der Waals surface area contributed by atoms with Crippen LogP contribution in [0.3, 0.4) is 0 Å². The lowest BCUT2D eigenvalue weighted by Gasteiger charge is -2.54. The Kier molecular flexibility index (Phi) is 15.4. The van der Waals surface area contributed by atoms with Crippen LogP contribution in [0.2, 0.25) is 0 Å². The molecule has 2 bridgehead atoms. The van der Waals surface area contributed by atoms with Gasteiger partial charge in [-0.1, -0.05) is 134 Å². The van der Waals surface area contributed by atoms with Gasteiger partial charge in [-0.05, 0) is 205 Å². The van der Waals surface area contributed by atoms with Gasteiger partial charge >= 0.3 is 17.6 Å². The van der Waals surface area contributed by atoms with E-state index in [0.29, 0.717) is 53.4 Å². The van der Waals surface area contributed by atoms with Gasteiger partial charge in [0, 0.05) is 46.8 Å². The third-order valence-corrected chi connectivity index (χ3v) is 23.2. The summed E-state index contributed by atoms with van der Waals surface area (Å²) in [5.74, 6) is -0.620. The molecule has 16 rings (SSSR count). The van der Waals surface area contributed by atoms with Crippen LogP contribution in [0.4, 0.5) is 0 Å². The molecule has 3 aliphatic heterocycles. The molecular weight excluding hydrogens is 1120 g/mol. The Balaban J connectivity index is 0.880. The molecule has 14 atom stereocenters. The molecule has 0 amide bonds. The van der Waals surface area contributed by atoms with Crippen molar-refractivity contribution in [2.75, 3.05) is 26.6 Å². The average molecular weight is 1200 g/mol. The highest BCUT2D eigenvalue weighted by Gasteiger charge is 2.65. The summed E-state index contributed by atoms with van der Waals surface area (Å²) in [6.45, 7) is -0.286. The summed E-state index contributed by atoms with van der Waals surface area (Å²) < 4.78 is 34.0. The molecule has 0 saturated heterocycles. The van der Waals surface area contributed by atoms with E-state index in [1.165, 1.54) is 45.4 Å². The van der Waals surface area contributed by atoms with Gasteiger partial charge in [0.25, 0.3) is 0 Å². The Bertz CT molecular complexity index is 3940. The number of ether oxygens (including phenoxy) is 4. The highest BCUT2D eigenvalue weighted by molar-refractivity contribution is 5.91. The number of benzene rings is 5. The number of hydrogen-bond acceptors (Lipinski definition) is 12. The number of aryl methyl sites for hydroxylation is 1. The van der Waals surface area contributed by atoms with Crippen molar-refractivity contribution in [2.24, 2.45) is 35.5 Å². The number of carbonyl (C=O) groups is 2. The number of aliphatic hydroxyl groups excluding tert-OH is 4. The Labute approximate surface area is 520 Å². The summed E-state index contributed by atoms with van der Waals surface area (Å²) >= 11 is 0. The topological polar surface area (TPSA) is 182 Å². The van der Waals surface area contributed by atoms with Gasteiger partial charge in [-0.25, -0.2) is 9.59 Å². The van der Waals surface area contributed by atoms with Crippen LogP contribution >= 0.6 is 0 Å². The summed E-state index contributed by atoms with van der Waals surface area (Å²) in [6, 6.07) is 36.8. The van der Waals surface area contributed by atoms with Crippen LogP contribution in [0.25, 0.3) is 29.2 Å². The van der Waals surface area contributed by atoms with Crippen LogP contribution in [0.5, 0.6) is 5.75 Å². The van der Waals surface area contributed by atoms with E-state index in [-0.39, 0.29) is 108 Å². The predicted molar refractivity (Wildman–Crippen MR) is 340 cm³/mol. The van der Waals surface area contributed by atoms with Crippen LogP contribution in [-0.2, 0) is 42.2 Å². The third-order valence-electron chi connectivity index (χ3n) is 23.2. The molecule has 89 heavy (non-hydrogen) atoms. The van der Waals surface area contributed by atoms with E-state index in [4.69, 9.17) is 23.4 Å². The molecule has 14 unspecified atom stereocenters. The van der Waals surface area contributed by atoms with Crippen molar-refractivity contribution in [3.63, 3.8) is 0 Å². The van der Waals surface area contributed by atoms with Gasteiger partial charge in [-0.3, -0.25) is 4.79 Å². The molecule has 4 fully saturated rings. The number of carbonyl (C=O) groups excluding carboxylic acids is 2. The highest BCUT2D eigenvalue weighted by Crippen LogP contribution is 2.65. The normalized spacial score (nSPS) is 31.4. The second-order valence-electron chi connectivity index (χ2n) is 27.2. The second kappa shape index (κ2) is 23.6. The van der Waals surface area contributed by atoms with Crippen molar-refractivity contribution in [3.05, 3.63) is 210 Å². The first kappa shape index (κ1) is 58.2. The van der Waals surface area contributed by atoms with Gasteiger partial charge < -0.3 is 43.8 Å². The summed E-state index contributed by atoms with van der Waals surface area (Å²) in [5, 5.41) is 42.5. The lowest BCUT2D eigenvalue weighted by atomic mass is 9.49. The van der Waals surface area contributed by atoms with Crippen LogP contribution in [0, 0.1) is 35.5 Å². The van der Waals surface area contributed by atoms with Crippen molar-refractivity contribution in [3.8, 4) is 5.75 Å². The van der Waals surface area contributed by atoms with Gasteiger partial charge in [-0.15, -0.1) is 0 Å². The maximum atomic E-state index is 16.1. The van der Waals surface area contributed by atoms with E-state index in [9.17, 15) is 25.2 Å². The van der Waals surface area contributed by atoms with E-state index in [0.717, 1.165) is 56.1 Å². The monoisotopic (exact) mass is 1200 g/mol. The quantitative estimate of drug-likeness (QED) is 0.0466. The van der Waals surface area contributed by atoms with Crippen molar-refractivity contribution in [1.29, 1.82) is 0 Å². The molecule has 5 aromatic carbocycles. The molecule has 1 aromatic heterocycles. The van der Waals surface area contributed by atoms with Crippen LogP contribution in [0.15, 0.2) is 142 Å². The molecule has 4 heterocycles. The third kappa shape index (κ3) is 9.50. The standard InChI is InChI=1S/C77H80O12/c1-44(40-79)54-28-20-45-18-21-47(22-19-45)55-29-25-49(57-14-7-17-65-60(57)31-27-53-12-6-11-52-26-23-48-10-3-5-16-64(48)77(52,53)65)37-51(55)38-68(82)86-72-70-67(33-32-61-63(41-80)69(75(84)87-71(61)70)50(34-36-78)42-85-43-81)89-76(73(72)88-74(54)83)35-8-15-59-58-30-24-46-9-2-4-13-56(46)62(58)39-66(59)76/h2-5,7,9-10,13-14,16-19,21-24,26-27,30-33,49-53,55,58-59,62,66,72-73,78-81H,6,8,11-12,15,20,25,28-29,34-43H2,1H3. The SMILES string of the molecule is CC(CO)=C1CCc2ccc(cc2)C2CCC(c3cccc4c3C=CC3CCCC5C=Cc6ccccc6C453)CC2CC(=O)OC2c3c(ccc4c(CO)c(C(CCO)COCO)c(=O)oc34)OC3(CCCC4C5C=Cc6ccccc6C5CC43)C2OC1=O. The predicted octanol–water partition coefficient (Wildman–Crippen LogP) is 13.4. The minimum atomic E-state index is -1.37. The lowest BCUT2D eigenvalue weighted by molar-refractivity contribution is -0.212. The molecule has 4 N–H and O–H groups in total. The molecule has 12 heteroatoms. The molecule has 2 spiro atoms. The maximum absolute atomic E-state index is 16.1. The smallest absolute Gasteiger partial charge is 0.340 e. The van der Waals surface area contributed by atoms with Crippen molar-refractivity contribution in [2.45, 2.75) is 150 Å². The summed E-state index contributed by atoms with van der Waals surface area (Å²) in [6.07, 6.45) is 21.4. The van der Waals surface area contributed by atoms with E-state index in [1.807, 2.05) is 0 Å². The Morgan fingerprint density at radius 3 is 2.31 bits per heavy atom. The maximum Gasteiger partial charge on any atom is 0.340 e. The van der Waals surface area contributed by atoms with E-state index < -0.39 is 54.7 Å². The fourth-order valence-electron chi connectivity index (χ4n) is 19.4. The molecular formula is C77H80O12. The highest BCUT2D eigenvalue weighted by atomic mass is 16.6. The molecule has 12 nitrogen and oxygen atoms in total. The van der Waals surface area contributed by atoms with E-state index in [1.54, 1.807) is 19.1 Å². The summed E-state index contributed by atoms with van der Waals surface area (Å²) in [4.78, 5) is 46.5. The van der Waals surface area contributed by atoms with Gasteiger partial charge in [0.1, 0.15) is 18.1 Å². The zero-order valence-corrected chi connectivity index (χ0v) is 50.7. The fraction of sp³-hybridized carbons (Fsp3) is 0.442. The Morgan fingerprint density at radius 2 is 1.51 bits per heavy atom. The summed E-state index contributed by atoms with van der Waals surface area (Å²) in [7, 11) is 0. The van der Waals surface area contributed by atoms with Gasteiger partial charge in [0.2, 0.25) is 0 Å². The summed E-state index contributed by atoms with van der Waals surface area (Å²) in [5.41, 5.74) is 10.5. The second-order valence-corrected chi connectivity index (χ2v) is 27.2. The van der Waals surface area contributed by atoms with Crippen molar-refractivity contribution >= 4 is 41.1 Å². The average Bonchev–Trinajstić information content (AvgIpc) is 1.52. The van der Waals surface area contributed by atoms with Gasteiger partial charge in [0.15, 0.2) is 17.8 Å². The minimum absolute atomic E-state index is 0.00820. The minimum Gasteiger partial charge on any atom is -0.482 e. The first-order chi connectivity index (χ1) is 43.6. The van der Waals surface area contributed by atoms with Gasteiger partial charge in [0.05, 0.1) is 25.4 Å². The number of aliphatic hydroxyl groups is 4.